The SMILES string of the molecule is NCc1ncccc1CS(=O)c1ccc2c(c1)CCC2. The van der Waals surface area contributed by atoms with Crippen molar-refractivity contribution in [3.05, 3.63) is 58.9 Å². The van der Waals surface area contributed by atoms with E-state index in [1.807, 2.05) is 18.2 Å². The molecule has 0 saturated carbocycles. The van der Waals surface area contributed by atoms with E-state index in [0.29, 0.717) is 12.3 Å². The average Bonchev–Trinajstić information content (AvgIpc) is 2.95. The minimum atomic E-state index is -1.03. The lowest BCUT2D eigenvalue weighted by Crippen LogP contribution is -2.06. The monoisotopic (exact) mass is 286 g/mol. The van der Waals surface area contributed by atoms with Crippen LogP contribution in [0.15, 0.2) is 41.4 Å². The molecule has 2 N–H and O–H groups in total. The van der Waals surface area contributed by atoms with E-state index in [9.17, 15) is 4.21 Å². The van der Waals surface area contributed by atoms with Crippen LogP contribution in [0.3, 0.4) is 0 Å². The van der Waals surface area contributed by atoms with Gasteiger partial charge in [0.1, 0.15) is 0 Å². The van der Waals surface area contributed by atoms with Gasteiger partial charge in [-0.2, -0.15) is 0 Å². The van der Waals surface area contributed by atoms with Gasteiger partial charge in [0.2, 0.25) is 0 Å². The summed E-state index contributed by atoms with van der Waals surface area (Å²) in [6.07, 6.45) is 5.21. The zero-order valence-corrected chi connectivity index (χ0v) is 12.2. The number of pyridine rings is 1. The molecule has 0 fully saturated rings. The molecule has 1 aromatic carbocycles. The van der Waals surface area contributed by atoms with Crippen LogP contribution in [0.4, 0.5) is 0 Å². The Morgan fingerprint density at radius 1 is 1.20 bits per heavy atom. The van der Waals surface area contributed by atoms with Gasteiger partial charge in [0.15, 0.2) is 0 Å². The first-order chi connectivity index (χ1) is 9.78. The number of aromatic nitrogens is 1. The summed E-state index contributed by atoms with van der Waals surface area (Å²) >= 11 is 0. The second-order valence-electron chi connectivity index (χ2n) is 5.09. The van der Waals surface area contributed by atoms with Crippen LogP contribution in [-0.4, -0.2) is 9.19 Å². The zero-order chi connectivity index (χ0) is 13.9. The predicted octanol–water partition coefficient (Wildman–Crippen LogP) is 2.34. The van der Waals surface area contributed by atoms with Crippen molar-refractivity contribution >= 4 is 10.8 Å². The van der Waals surface area contributed by atoms with Crippen molar-refractivity contribution in [2.75, 3.05) is 0 Å². The third kappa shape index (κ3) is 2.67. The number of nitrogens with zero attached hydrogens (tertiary/aromatic N) is 1. The van der Waals surface area contributed by atoms with Gasteiger partial charge in [0, 0.05) is 17.6 Å². The summed E-state index contributed by atoms with van der Waals surface area (Å²) in [5.41, 5.74) is 10.3. The first-order valence-electron chi connectivity index (χ1n) is 6.91. The van der Waals surface area contributed by atoms with Crippen LogP contribution in [0.1, 0.15) is 28.8 Å². The molecule has 1 aliphatic rings. The van der Waals surface area contributed by atoms with E-state index in [4.69, 9.17) is 5.73 Å². The van der Waals surface area contributed by atoms with Crippen LogP contribution >= 0.6 is 0 Å². The summed E-state index contributed by atoms with van der Waals surface area (Å²) in [7, 11) is -1.03. The topological polar surface area (TPSA) is 56.0 Å². The molecule has 0 radical (unpaired) electrons. The van der Waals surface area contributed by atoms with Crippen molar-refractivity contribution in [2.24, 2.45) is 5.73 Å². The molecule has 1 aromatic heterocycles. The smallest absolute Gasteiger partial charge is 0.0580 e. The Kier molecular flexibility index (Phi) is 3.94. The number of fused-ring (bicyclic) bond motifs is 1. The van der Waals surface area contributed by atoms with Gasteiger partial charge in [-0.05, 0) is 54.2 Å². The third-order valence-corrected chi connectivity index (χ3v) is 5.15. The Labute approximate surface area is 121 Å². The molecule has 4 heteroatoms. The first-order valence-corrected chi connectivity index (χ1v) is 8.23. The van der Waals surface area contributed by atoms with Crippen molar-refractivity contribution in [3.8, 4) is 0 Å². The van der Waals surface area contributed by atoms with E-state index in [1.54, 1.807) is 6.20 Å². The standard InChI is InChI=1S/C16H18N2OS/c17-10-16-14(5-2-8-18-16)11-20(19)15-7-6-12-3-1-4-13(12)9-15/h2,5-9H,1,3-4,10-11,17H2. The number of nitrogens with two attached hydrogens (primary N) is 1. The molecule has 20 heavy (non-hydrogen) atoms. The maximum Gasteiger partial charge on any atom is 0.0580 e. The Balaban J connectivity index is 1.83. The van der Waals surface area contributed by atoms with Crippen molar-refractivity contribution < 1.29 is 4.21 Å². The highest BCUT2D eigenvalue weighted by Gasteiger charge is 2.14. The van der Waals surface area contributed by atoms with Gasteiger partial charge in [0.05, 0.1) is 22.2 Å². The quantitative estimate of drug-likeness (QED) is 0.938. The van der Waals surface area contributed by atoms with Crippen molar-refractivity contribution in [1.29, 1.82) is 0 Å². The van der Waals surface area contributed by atoms with Crippen LogP contribution in [0, 0.1) is 0 Å². The molecule has 1 unspecified atom stereocenters. The first kappa shape index (κ1) is 13.5. The van der Waals surface area contributed by atoms with E-state index in [2.05, 4.69) is 17.1 Å². The normalized spacial score (nSPS) is 15.1. The molecular formula is C16H18N2OS. The van der Waals surface area contributed by atoms with Crippen LogP contribution < -0.4 is 5.73 Å². The minimum absolute atomic E-state index is 0.386. The van der Waals surface area contributed by atoms with Gasteiger partial charge < -0.3 is 5.73 Å². The lowest BCUT2D eigenvalue weighted by Gasteiger charge is -2.08. The largest absolute Gasteiger partial charge is 0.325 e. The van der Waals surface area contributed by atoms with E-state index >= 15 is 0 Å². The van der Waals surface area contributed by atoms with Gasteiger partial charge >= 0.3 is 0 Å². The Morgan fingerprint density at radius 3 is 2.90 bits per heavy atom. The van der Waals surface area contributed by atoms with Crippen LogP contribution in [0.25, 0.3) is 0 Å². The molecule has 3 nitrogen and oxygen atoms in total. The Bertz CT molecular complexity index is 655. The van der Waals surface area contributed by atoms with Crippen molar-refractivity contribution in [2.45, 2.75) is 36.5 Å². The number of aryl methyl sites for hydroxylation is 2. The van der Waals surface area contributed by atoms with Crippen molar-refractivity contribution in [3.63, 3.8) is 0 Å². The van der Waals surface area contributed by atoms with Gasteiger partial charge in [0.25, 0.3) is 0 Å². The third-order valence-electron chi connectivity index (χ3n) is 3.80. The van der Waals surface area contributed by atoms with E-state index in [0.717, 1.165) is 29.0 Å². The lowest BCUT2D eigenvalue weighted by atomic mass is 10.1. The molecule has 0 spiro atoms. The van der Waals surface area contributed by atoms with Gasteiger partial charge in [-0.25, -0.2) is 0 Å². The molecule has 104 valence electrons. The summed E-state index contributed by atoms with van der Waals surface area (Å²) in [5.74, 6) is 0.485. The maximum atomic E-state index is 12.5. The number of benzene rings is 1. The molecule has 2 aromatic rings. The summed E-state index contributed by atoms with van der Waals surface area (Å²) in [5, 5.41) is 0. The fraction of sp³-hybridized carbons (Fsp3) is 0.312. The van der Waals surface area contributed by atoms with Crippen molar-refractivity contribution in [1.82, 2.24) is 4.98 Å². The highest BCUT2D eigenvalue weighted by Crippen LogP contribution is 2.25. The highest BCUT2D eigenvalue weighted by molar-refractivity contribution is 7.84. The molecule has 1 aliphatic carbocycles. The fourth-order valence-corrected chi connectivity index (χ4v) is 3.91. The van der Waals surface area contributed by atoms with E-state index in [1.165, 1.54) is 17.5 Å². The van der Waals surface area contributed by atoms with Crippen LogP contribution in [0.2, 0.25) is 0 Å². The molecule has 3 rings (SSSR count). The minimum Gasteiger partial charge on any atom is -0.325 e. The molecule has 1 atom stereocenters. The summed E-state index contributed by atoms with van der Waals surface area (Å²) < 4.78 is 12.5. The molecule has 1 heterocycles. The zero-order valence-electron chi connectivity index (χ0n) is 11.3. The van der Waals surface area contributed by atoms with Crippen LogP contribution in [0.5, 0.6) is 0 Å². The molecule has 0 saturated heterocycles. The van der Waals surface area contributed by atoms with Crippen LogP contribution in [-0.2, 0) is 35.9 Å². The van der Waals surface area contributed by atoms with Gasteiger partial charge in [-0.15, -0.1) is 0 Å². The fourth-order valence-electron chi connectivity index (χ4n) is 2.70. The number of rotatable bonds is 4. The highest BCUT2D eigenvalue weighted by atomic mass is 32.2. The Morgan fingerprint density at radius 2 is 2.05 bits per heavy atom. The molecule has 0 bridgehead atoms. The lowest BCUT2D eigenvalue weighted by molar-refractivity contribution is 0.682. The molecule has 0 aliphatic heterocycles. The molecule has 0 amide bonds. The summed E-state index contributed by atoms with van der Waals surface area (Å²) in [6, 6.07) is 10.1. The predicted molar refractivity (Wildman–Crippen MR) is 80.7 cm³/mol. The summed E-state index contributed by atoms with van der Waals surface area (Å²) in [4.78, 5) is 5.16. The second kappa shape index (κ2) is 5.85. The molecular weight excluding hydrogens is 268 g/mol. The number of hydrogen-bond acceptors (Lipinski definition) is 3. The summed E-state index contributed by atoms with van der Waals surface area (Å²) in [6.45, 7) is 0.386. The van der Waals surface area contributed by atoms with E-state index in [-0.39, 0.29) is 0 Å². The average molecular weight is 286 g/mol. The Hall–Kier alpha value is -1.52. The maximum absolute atomic E-state index is 12.5. The second-order valence-corrected chi connectivity index (χ2v) is 6.54. The van der Waals surface area contributed by atoms with Gasteiger partial charge in [-0.3, -0.25) is 9.19 Å². The number of hydrogen-bond donors (Lipinski definition) is 1. The van der Waals surface area contributed by atoms with Gasteiger partial charge in [-0.1, -0.05) is 12.1 Å². The van der Waals surface area contributed by atoms with E-state index < -0.39 is 10.8 Å².